The van der Waals surface area contributed by atoms with Gasteiger partial charge in [0, 0.05) is 0 Å². The molecule has 0 radical (unpaired) electrons. The lowest BCUT2D eigenvalue weighted by molar-refractivity contribution is 0.567. The molecule has 2 aliphatic carbocycles. The van der Waals surface area contributed by atoms with E-state index in [2.05, 4.69) is 29.6 Å². The summed E-state index contributed by atoms with van der Waals surface area (Å²) in [6.07, 6.45) is 8.81. The van der Waals surface area contributed by atoms with Crippen LogP contribution in [0.5, 0.6) is 0 Å². The van der Waals surface area contributed by atoms with Crippen molar-refractivity contribution in [3.63, 3.8) is 0 Å². The molecule has 0 N–H and O–H groups in total. The van der Waals surface area contributed by atoms with Crippen LogP contribution in [0.15, 0.2) is 0 Å². The van der Waals surface area contributed by atoms with Crippen LogP contribution in [0.2, 0.25) is 11.6 Å². The Kier molecular flexibility index (Phi) is 3.62. The molecule has 2 rings (SSSR count). The zero-order valence-electron chi connectivity index (χ0n) is 9.51. The van der Waals surface area contributed by atoms with Crippen molar-refractivity contribution in [2.24, 2.45) is 11.8 Å². The highest BCUT2D eigenvalue weighted by Crippen LogP contribution is 2.49. The molecule has 0 aromatic heterocycles. The standard InChI is InChI=1S/C12H22BBr/c1-9-5-3-7-11(9)13(14)12-8-4-6-10(12)2/h9-12H,3-8H2,1-2H3. The lowest BCUT2D eigenvalue weighted by atomic mass is 9.49. The van der Waals surface area contributed by atoms with Crippen molar-refractivity contribution >= 4 is 21.3 Å². The molecule has 14 heavy (non-hydrogen) atoms. The molecule has 4 unspecified atom stereocenters. The summed E-state index contributed by atoms with van der Waals surface area (Å²) < 4.78 is 0. The minimum absolute atomic E-state index is 0.817. The molecule has 2 aliphatic rings. The molecule has 0 heterocycles. The van der Waals surface area contributed by atoms with Gasteiger partial charge in [0.25, 0.3) is 0 Å². The van der Waals surface area contributed by atoms with E-state index < -0.39 is 0 Å². The van der Waals surface area contributed by atoms with E-state index in [1.807, 2.05) is 0 Å². The van der Waals surface area contributed by atoms with Crippen molar-refractivity contribution in [3.8, 4) is 0 Å². The van der Waals surface area contributed by atoms with E-state index >= 15 is 0 Å². The van der Waals surface area contributed by atoms with E-state index in [1.54, 1.807) is 0 Å². The van der Waals surface area contributed by atoms with Crippen molar-refractivity contribution in [2.45, 2.75) is 64.0 Å². The maximum absolute atomic E-state index is 4.01. The fourth-order valence-corrected chi connectivity index (χ4v) is 5.18. The maximum Gasteiger partial charge on any atom is 0.229 e. The van der Waals surface area contributed by atoms with Gasteiger partial charge in [-0.05, 0) is 23.5 Å². The first-order chi connectivity index (χ1) is 6.70. The maximum atomic E-state index is 4.01. The van der Waals surface area contributed by atoms with Gasteiger partial charge in [0.05, 0.1) is 0 Å². The van der Waals surface area contributed by atoms with E-state index in [-0.39, 0.29) is 0 Å². The normalized spacial score (nSPS) is 43.1. The highest BCUT2D eigenvalue weighted by Gasteiger charge is 2.40. The first-order valence-corrected chi connectivity index (χ1v) is 7.25. The van der Waals surface area contributed by atoms with E-state index in [1.165, 1.54) is 38.5 Å². The summed E-state index contributed by atoms with van der Waals surface area (Å²) in [5, 5.41) is 0. The molecular formula is C12H22BBr. The highest BCUT2D eigenvalue weighted by atomic mass is 79.9. The highest BCUT2D eigenvalue weighted by molar-refractivity contribution is 9.24. The minimum Gasteiger partial charge on any atom is -0.156 e. The summed E-state index contributed by atoms with van der Waals surface area (Å²) in [5.74, 6) is 3.88. The zero-order valence-corrected chi connectivity index (χ0v) is 11.1. The summed E-state index contributed by atoms with van der Waals surface area (Å²) in [6.45, 7) is 4.90. The molecule has 80 valence electrons. The first-order valence-electron chi connectivity index (χ1n) is 6.34. The van der Waals surface area contributed by atoms with Crippen LogP contribution in [0.25, 0.3) is 0 Å². The van der Waals surface area contributed by atoms with Crippen LogP contribution >= 0.6 is 15.8 Å². The van der Waals surface area contributed by atoms with Crippen LogP contribution in [0.4, 0.5) is 0 Å². The van der Waals surface area contributed by atoms with Crippen LogP contribution in [-0.4, -0.2) is 5.54 Å². The Labute approximate surface area is 97.3 Å². The van der Waals surface area contributed by atoms with E-state index in [0.717, 1.165) is 29.0 Å². The van der Waals surface area contributed by atoms with Crippen LogP contribution in [0.3, 0.4) is 0 Å². The van der Waals surface area contributed by atoms with Gasteiger partial charge in [0.2, 0.25) is 5.54 Å². The molecule has 0 aromatic carbocycles. The molecular weight excluding hydrogens is 235 g/mol. The van der Waals surface area contributed by atoms with Crippen LogP contribution < -0.4 is 0 Å². The number of hydrogen-bond donors (Lipinski definition) is 0. The Balaban J connectivity index is 1.96. The Morgan fingerprint density at radius 1 is 0.857 bits per heavy atom. The predicted octanol–water partition coefficient (Wildman–Crippen LogP) is 4.75. The summed E-state index contributed by atoms with van der Waals surface area (Å²) in [7, 11) is 0. The van der Waals surface area contributed by atoms with Crippen molar-refractivity contribution in [3.05, 3.63) is 0 Å². The Hall–Kier alpha value is 0.545. The largest absolute Gasteiger partial charge is 0.229 e. The Bertz CT molecular complexity index is 175. The molecule has 0 amide bonds. The van der Waals surface area contributed by atoms with Crippen molar-refractivity contribution in [2.75, 3.05) is 0 Å². The van der Waals surface area contributed by atoms with Gasteiger partial charge in [0.1, 0.15) is 0 Å². The molecule has 0 bridgehead atoms. The van der Waals surface area contributed by atoms with Gasteiger partial charge in [-0.2, -0.15) is 15.8 Å². The van der Waals surface area contributed by atoms with Crippen molar-refractivity contribution < 1.29 is 0 Å². The van der Waals surface area contributed by atoms with Gasteiger partial charge in [0.15, 0.2) is 0 Å². The topological polar surface area (TPSA) is 0 Å². The quantitative estimate of drug-likeness (QED) is 0.626. The molecule has 2 heteroatoms. The fourth-order valence-electron chi connectivity index (χ4n) is 3.61. The zero-order chi connectivity index (χ0) is 10.1. The third kappa shape index (κ3) is 2.05. The molecule has 0 saturated heterocycles. The second kappa shape index (κ2) is 4.59. The summed E-state index contributed by atoms with van der Waals surface area (Å²) >= 11 is 4.01. The third-order valence-electron chi connectivity index (χ3n) is 4.67. The van der Waals surface area contributed by atoms with Crippen LogP contribution in [0.1, 0.15) is 52.4 Å². The van der Waals surface area contributed by atoms with Crippen molar-refractivity contribution in [1.82, 2.24) is 0 Å². The Morgan fingerprint density at radius 3 is 1.57 bits per heavy atom. The van der Waals surface area contributed by atoms with Gasteiger partial charge in [-0.25, -0.2) is 0 Å². The minimum atomic E-state index is 0.817. The number of rotatable bonds is 2. The number of halogens is 1. The molecule has 0 aliphatic heterocycles. The second-order valence-electron chi connectivity index (χ2n) is 5.59. The van der Waals surface area contributed by atoms with Crippen LogP contribution in [0, 0.1) is 11.8 Å². The fraction of sp³-hybridized carbons (Fsp3) is 1.00. The van der Waals surface area contributed by atoms with Crippen LogP contribution in [-0.2, 0) is 0 Å². The van der Waals surface area contributed by atoms with Gasteiger partial charge in [-0.3, -0.25) is 0 Å². The number of hydrogen-bond acceptors (Lipinski definition) is 0. The van der Waals surface area contributed by atoms with E-state index in [9.17, 15) is 0 Å². The lowest BCUT2D eigenvalue weighted by Gasteiger charge is -2.26. The molecule has 0 spiro atoms. The average Bonchev–Trinajstić information content (AvgIpc) is 2.73. The molecule has 2 fully saturated rings. The van der Waals surface area contributed by atoms with E-state index in [4.69, 9.17) is 0 Å². The van der Waals surface area contributed by atoms with E-state index in [0.29, 0.717) is 0 Å². The summed E-state index contributed by atoms with van der Waals surface area (Å²) in [5.41, 5.74) is 0.817. The second-order valence-corrected chi connectivity index (χ2v) is 6.65. The van der Waals surface area contributed by atoms with Gasteiger partial charge in [-0.15, -0.1) is 0 Å². The van der Waals surface area contributed by atoms with Crippen molar-refractivity contribution in [1.29, 1.82) is 0 Å². The summed E-state index contributed by atoms with van der Waals surface area (Å²) in [4.78, 5) is 0. The summed E-state index contributed by atoms with van der Waals surface area (Å²) in [6, 6.07) is 0. The first kappa shape index (κ1) is 11.0. The van der Waals surface area contributed by atoms with Gasteiger partial charge >= 0.3 is 0 Å². The van der Waals surface area contributed by atoms with Gasteiger partial charge in [-0.1, -0.05) is 52.4 Å². The third-order valence-corrected chi connectivity index (χ3v) is 6.03. The molecule has 0 aromatic rings. The molecule has 2 saturated carbocycles. The lowest BCUT2D eigenvalue weighted by Crippen LogP contribution is -2.24. The molecule has 0 nitrogen and oxygen atoms in total. The smallest absolute Gasteiger partial charge is 0.156 e. The monoisotopic (exact) mass is 256 g/mol. The predicted molar refractivity (Wildman–Crippen MR) is 68.2 cm³/mol. The SMILES string of the molecule is CC1CCCC1B(Br)C1CCCC1C. The Morgan fingerprint density at radius 2 is 1.29 bits per heavy atom. The molecule has 4 atom stereocenters. The average molecular weight is 257 g/mol. The van der Waals surface area contributed by atoms with Gasteiger partial charge < -0.3 is 0 Å².